The van der Waals surface area contributed by atoms with Gasteiger partial charge in [-0.2, -0.15) is 0 Å². The zero-order chi connectivity index (χ0) is 14.1. The van der Waals surface area contributed by atoms with Gasteiger partial charge in [0.25, 0.3) is 0 Å². The summed E-state index contributed by atoms with van der Waals surface area (Å²) >= 11 is 0. The highest BCUT2D eigenvalue weighted by atomic mass is 16.5. The summed E-state index contributed by atoms with van der Waals surface area (Å²) in [7, 11) is 2.07. The summed E-state index contributed by atoms with van der Waals surface area (Å²) in [4.78, 5) is 0. The number of aryl methyl sites for hydroxylation is 1. The van der Waals surface area contributed by atoms with Crippen molar-refractivity contribution in [2.75, 3.05) is 13.7 Å². The molecule has 1 N–H and O–H groups in total. The number of benzene rings is 2. The third kappa shape index (κ3) is 2.23. The van der Waals surface area contributed by atoms with E-state index in [4.69, 9.17) is 4.74 Å². The molecular formula is C18H23NO. The second-order valence-corrected chi connectivity index (χ2v) is 5.81. The van der Waals surface area contributed by atoms with E-state index in [1.54, 1.807) is 0 Å². The Labute approximate surface area is 121 Å². The summed E-state index contributed by atoms with van der Waals surface area (Å²) in [6, 6.07) is 13.5. The fourth-order valence-corrected chi connectivity index (χ4v) is 3.58. The first kappa shape index (κ1) is 13.6. The highest BCUT2D eigenvalue weighted by Gasteiger charge is 2.33. The first-order chi connectivity index (χ1) is 9.72. The summed E-state index contributed by atoms with van der Waals surface area (Å²) < 4.78 is 5.78. The molecule has 2 heteroatoms. The van der Waals surface area contributed by atoms with Gasteiger partial charge >= 0.3 is 0 Å². The van der Waals surface area contributed by atoms with E-state index >= 15 is 0 Å². The third-order valence-electron chi connectivity index (χ3n) is 4.67. The standard InChI is InChI=1S/C18H23NO/c1-12-8-9-14-6-4-5-7-16(14)17(12)18(19-3)15-10-11-20-13(15)2/h4-9,13,15,18-19H,10-11H2,1-3H3. The number of hydrogen-bond donors (Lipinski definition) is 1. The van der Waals surface area contributed by atoms with Gasteiger partial charge in [0.05, 0.1) is 6.10 Å². The number of rotatable bonds is 3. The van der Waals surface area contributed by atoms with E-state index in [9.17, 15) is 0 Å². The molecule has 0 aliphatic carbocycles. The van der Waals surface area contributed by atoms with Crippen LogP contribution in [-0.2, 0) is 4.74 Å². The van der Waals surface area contributed by atoms with E-state index < -0.39 is 0 Å². The lowest BCUT2D eigenvalue weighted by molar-refractivity contribution is 0.0964. The van der Waals surface area contributed by atoms with Crippen molar-refractivity contribution in [1.29, 1.82) is 0 Å². The average Bonchev–Trinajstić information content (AvgIpc) is 2.88. The minimum atomic E-state index is 0.325. The first-order valence-corrected chi connectivity index (χ1v) is 7.49. The van der Waals surface area contributed by atoms with Crippen molar-refractivity contribution in [1.82, 2.24) is 5.32 Å². The molecule has 2 aromatic rings. The smallest absolute Gasteiger partial charge is 0.0594 e. The van der Waals surface area contributed by atoms with E-state index in [2.05, 4.69) is 62.6 Å². The van der Waals surface area contributed by atoms with E-state index in [0.29, 0.717) is 18.1 Å². The van der Waals surface area contributed by atoms with Gasteiger partial charge in [-0.15, -0.1) is 0 Å². The SMILES string of the molecule is CNC(c1c(C)ccc2ccccc12)C1CCOC1C. The molecular weight excluding hydrogens is 246 g/mol. The third-order valence-corrected chi connectivity index (χ3v) is 4.67. The Morgan fingerprint density at radius 1 is 1.20 bits per heavy atom. The predicted molar refractivity (Wildman–Crippen MR) is 84.0 cm³/mol. The van der Waals surface area contributed by atoms with Crippen LogP contribution in [0.5, 0.6) is 0 Å². The second kappa shape index (κ2) is 5.55. The van der Waals surface area contributed by atoms with Crippen molar-refractivity contribution >= 4 is 10.8 Å². The van der Waals surface area contributed by atoms with Crippen molar-refractivity contribution < 1.29 is 4.74 Å². The van der Waals surface area contributed by atoms with Crippen LogP contribution in [0.1, 0.15) is 30.5 Å². The highest BCUT2D eigenvalue weighted by molar-refractivity contribution is 5.87. The molecule has 1 heterocycles. The van der Waals surface area contributed by atoms with Crippen LogP contribution in [0.3, 0.4) is 0 Å². The fraction of sp³-hybridized carbons (Fsp3) is 0.444. The zero-order valence-corrected chi connectivity index (χ0v) is 12.5. The molecule has 1 fully saturated rings. The normalized spacial score (nSPS) is 24.1. The molecule has 20 heavy (non-hydrogen) atoms. The van der Waals surface area contributed by atoms with Gasteiger partial charge in [-0.1, -0.05) is 36.4 Å². The maximum absolute atomic E-state index is 5.78. The minimum absolute atomic E-state index is 0.325. The molecule has 3 atom stereocenters. The number of ether oxygens (including phenoxy) is 1. The zero-order valence-electron chi connectivity index (χ0n) is 12.5. The molecule has 2 aromatic carbocycles. The highest BCUT2D eigenvalue weighted by Crippen LogP contribution is 2.37. The molecule has 0 amide bonds. The van der Waals surface area contributed by atoms with E-state index in [1.807, 2.05) is 0 Å². The van der Waals surface area contributed by atoms with Crippen LogP contribution >= 0.6 is 0 Å². The fourth-order valence-electron chi connectivity index (χ4n) is 3.58. The van der Waals surface area contributed by atoms with E-state index in [1.165, 1.54) is 21.9 Å². The topological polar surface area (TPSA) is 21.3 Å². The van der Waals surface area contributed by atoms with Crippen LogP contribution < -0.4 is 5.32 Å². The Morgan fingerprint density at radius 2 is 2.00 bits per heavy atom. The van der Waals surface area contributed by atoms with Gasteiger partial charge in [0, 0.05) is 18.6 Å². The second-order valence-electron chi connectivity index (χ2n) is 5.81. The molecule has 3 unspecified atom stereocenters. The maximum Gasteiger partial charge on any atom is 0.0594 e. The summed E-state index contributed by atoms with van der Waals surface area (Å²) in [6.07, 6.45) is 1.46. The Kier molecular flexibility index (Phi) is 3.77. The van der Waals surface area contributed by atoms with Gasteiger partial charge in [-0.05, 0) is 49.2 Å². The van der Waals surface area contributed by atoms with Crippen LogP contribution in [0.2, 0.25) is 0 Å². The molecule has 3 rings (SSSR count). The molecule has 1 aliphatic rings. The van der Waals surface area contributed by atoms with Crippen LogP contribution in [-0.4, -0.2) is 19.8 Å². The molecule has 1 aliphatic heterocycles. The van der Waals surface area contributed by atoms with Gasteiger partial charge in [0.15, 0.2) is 0 Å². The van der Waals surface area contributed by atoms with Crippen LogP contribution in [0, 0.1) is 12.8 Å². The number of hydrogen-bond acceptors (Lipinski definition) is 2. The Hall–Kier alpha value is -1.38. The van der Waals surface area contributed by atoms with Crippen molar-refractivity contribution in [2.45, 2.75) is 32.4 Å². The predicted octanol–water partition coefficient (Wildman–Crippen LogP) is 3.83. The van der Waals surface area contributed by atoms with Crippen LogP contribution in [0.4, 0.5) is 0 Å². The quantitative estimate of drug-likeness (QED) is 0.914. The lowest BCUT2D eigenvalue weighted by Gasteiger charge is -2.28. The lowest BCUT2D eigenvalue weighted by atomic mass is 9.84. The van der Waals surface area contributed by atoms with E-state index in [-0.39, 0.29) is 0 Å². The Bertz CT molecular complexity index is 607. The van der Waals surface area contributed by atoms with Gasteiger partial charge in [-0.3, -0.25) is 0 Å². The van der Waals surface area contributed by atoms with Crippen LogP contribution in [0.15, 0.2) is 36.4 Å². The molecule has 0 bridgehead atoms. The molecule has 1 saturated heterocycles. The molecule has 2 nitrogen and oxygen atoms in total. The Morgan fingerprint density at radius 3 is 2.70 bits per heavy atom. The van der Waals surface area contributed by atoms with Gasteiger partial charge in [0.1, 0.15) is 0 Å². The molecule has 106 valence electrons. The van der Waals surface area contributed by atoms with Gasteiger partial charge in [0.2, 0.25) is 0 Å². The summed E-state index contributed by atoms with van der Waals surface area (Å²) in [6.45, 7) is 5.29. The van der Waals surface area contributed by atoms with Crippen molar-refractivity contribution in [2.24, 2.45) is 5.92 Å². The van der Waals surface area contributed by atoms with Crippen molar-refractivity contribution in [3.63, 3.8) is 0 Å². The first-order valence-electron chi connectivity index (χ1n) is 7.49. The van der Waals surface area contributed by atoms with E-state index in [0.717, 1.165) is 13.0 Å². The van der Waals surface area contributed by atoms with Crippen molar-refractivity contribution in [3.8, 4) is 0 Å². The monoisotopic (exact) mass is 269 g/mol. The summed E-state index contributed by atoms with van der Waals surface area (Å²) in [5, 5.41) is 6.23. The number of fused-ring (bicyclic) bond motifs is 1. The molecule has 0 aromatic heterocycles. The van der Waals surface area contributed by atoms with Crippen molar-refractivity contribution in [3.05, 3.63) is 47.5 Å². The summed E-state index contributed by atoms with van der Waals surface area (Å²) in [5.41, 5.74) is 2.80. The van der Waals surface area contributed by atoms with Gasteiger partial charge < -0.3 is 10.1 Å². The van der Waals surface area contributed by atoms with Gasteiger partial charge in [-0.25, -0.2) is 0 Å². The molecule has 0 radical (unpaired) electrons. The maximum atomic E-state index is 5.78. The minimum Gasteiger partial charge on any atom is -0.378 e. The number of nitrogens with one attached hydrogen (secondary N) is 1. The lowest BCUT2D eigenvalue weighted by Crippen LogP contribution is -2.30. The Balaban J connectivity index is 2.13. The molecule has 0 saturated carbocycles. The largest absolute Gasteiger partial charge is 0.378 e. The molecule has 0 spiro atoms. The van der Waals surface area contributed by atoms with Crippen LogP contribution in [0.25, 0.3) is 10.8 Å². The average molecular weight is 269 g/mol. The summed E-state index contributed by atoms with van der Waals surface area (Å²) in [5.74, 6) is 0.546.